The molecule has 14 heteroatoms. The minimum absolute atomic E-state index is 0.0473. The van der Waals surface area contributed by atoms with Crippen molar-refractivity contribution < 1.29 is 27.5 Å². The SMILES string of the molecule is COc1ccc(S(=O)(=O)N(CCNc2cc(C)nc3ccc(Cl)cc23)C(=O)Nc2ccc(C(=O)N3CCC(C#N)(c4ccccc4)CC3)cc2OC)cc1. The third kappa shape index (κ3) is 7.90. The first-order chi connectivity index (χ1) is 26.0. The van der Waals surface area contributed by atoms with Crippen molar-refractivity contribution in [1.82, 2.24) is 14.2 Å². The summed E-state index contributed by atoms with van der Waals surface area (Å²) >= 11 is 6.26. The Bertz CT molecular complexity index is 2330. The van der Waals surface area contributed by atoms with Gasteiger partial charge in [0.05, 0.1) is 48.3 Å². The first-order valence-electron chi connectivity index (χ1n) is 17.2. The Morgan fingerprint density at radius 3 is 2.33 bits per heavy atom. The molecular formula is C40H39ClN6O6S. The number of aromatic nitrogens is 1. The van der Waals surface area contributed by atoms with E-state index < -0.39 is 21.5 Å². The van der Waals surface area contributed by atoms with Crippen LogP contribution in [0.1, 0.15) is 34.5 Å². The van der Waals surface area contributed by atoms with E-state index in [9.17, 15) is 23.3 Å². The van der Waals surface area contributed by atoms with Crippen LogP contribution in [0.15, 0.2) is 102 Å². The molecule has 0 spiro atoms. The summed E-state index contributed by atoms with van der Waals surface area (Å²) in [7, 11) is -1.52. The molecule has 1 saturated heterocycles. The second-order valence-corrected chi connectivity index (χ2v) is 15.1. The zero-order chi connectivity index (χ0) is 38.5. The van der Waals surface area contributed by atoms with Gasteiger partial charge in [-0.25, -0.2) is 17.5 Å². The molecule has 6 rings (SSSR count). The molecule has 0 saturated carbocycles. The number of fused-ring (bicyclic) bond motifs is 1. The molecule has 0 bridgehead atoms. The third-order valence-corrected chi connectivity index (χ3v) is 11.6. The Balaban J connectivity index is 1.21. The number of pyridine rings is 1. The number of rotatable bonds is 11. The number of hydrogen-bond acceptors (Lipinski definition) is 9. The number of benzene rings is 4. The van der Waals surface area contributed by atoms with E-state index in [-0.39, 0.29) is 35.3 Å². The molecule has 3 amide bonds. The molecule has 0 radical (unpaired) electrons. The van der Waals surface area contributed by atoms with Crippen molar-refractivity contribution in [2.24, 2.45) is 0 Å². The largest absolute Gasteiger partial charge is 0.497 e. The number of hydrogen-bond donors (Lipinski definition) is 2. The number of aryl methyl sites for hydroxylation is 1. The second-order valence-electron chi connectivity index (χ2n) is 12.8. The van der Waals surface area contributed by atoms with Crippen LogP contribution in [-0.4, -0.2) is 74.9 Å². The molecule has 1 aliphatic rings. The van der Waals surface area contributed by atoms with Crippen LogP contribution in [0.5, 0.6) is 11.5 Å². The Hall–Kier alpha value is -5.84. The van der Waals surface area contributed by atoms with Gasteiger partial charge in [-0.05, 0) is 92.1 Å². The molecule has 0 aliphatic carbocycles. The monoisotopic (exact) mass is 766 g/mol. The van der Waals surface area contributed by atoms with Crippen LogP contribution in [0.2, 0.25) is 5.02 Å². The van der Waals surface area contributed by atoms with E-state index >= 15 is 0 Å². The van der Waals surface area contributed by atoms with Gasteiger partial charge in [-0.3, -0.25) is 9.78 Å². The molecule has 12 nitrogen and oxygen atoms in total. The van der Waals surface area contributed by atoms with Gasteiger partial charge in [0, 0.05) is 47.0 Å². The Kier molecular flexibility index (Phi) is 11.3. The highest BCUT2D eigenvalue weighted by Gasteiger charge is 2.38. The van der Waals surface area contributed by atoms with Gasteiger partial charge in [0.1, 0.15) is 11.5 Å². The van der Waals surface area contributed by atoms with Gasteiger partial charge >= 0.3 is 6.03 Å². The highest BCUT2D eigenvalue weighted by molar-refractivity contribution is 7.89. The van der Waals surface area contributed by atoms with Crippen LogP contribution in [0.25, 0.3) is 10.9 Å². The van der Waals surface area contributed by atoms with Crippen molar-refractivity contribution in [3.63, 3.8) is 0 Å². The summed E-state index contributed by atoms with van der Waals surface area (Å²) in [4.78, 5) is 33.7. The van der Waals surface area contributed by atoms with Crippen LogP contribution in [0.3, 0.4) is 0 Å². The number of piperidine rings is 1. The van der Waals surface area contributed by atoms with E-state index in [4.69, 9.17) is 21.1 Å². The number of nitrogens with zero attached hydrogens (tertiary/aromatic N) is 4. The first kappa shape index (κ1) is 37.9. The van der Waals surface area contributed by atoms with Crippen LogP contribution >= 0.6 is 11.6 Å². The number of halogens is 1. The van der Waals surface area contributed by atoms with Crippen molar-refractivity contribution in [1.29, 1.82) is 5.26 Å². The van der Waals surface area contributed by atoms with Crippen molar-refractivity contribution in [3.05, 3.63) is 119 Å². The molecule has 2 heterocycles. The van der Waals surface area contributed by atoms with Gasteiger partial charge in [-0.15, -0.1) is 0 Å². The third-order valence-electron chi connectivity index (χ3n) is 9.54. The van der Waals surface area contributed by atoms with E-state index in [2.05, 4.69) is 21.7 Å². The average molecular weight is 767 g/mol. The summed E-state index contributed by atoms with van der Waals surface area (Å²) in [5, 5.41) is 17.3. The average Bonchev–Trinajstić information content (AvgIpc) is 3.19. The predicted molar refractivity (Wildman–Crippen MR) is 208 cm³/mol. The van der Waals surface area contributed by atoms with Crippen LogP contribution < -0.4 is 20.1 Å². The van der Waals surface area contributed by atoms with Crippen LogP contribution in [0, 0.1) is 18.3 Å². The number of urea groups is 1. The van der Waals surface area contributed by atoms with Gasteiger partial charge in [-0.1, -0.05) is 41.9 Å². The Labute approximate surface area is 319 Å². The van der Waals surface area contributed by atoms with E-state index in [0.717, 1.165) is 20.9 Å². The summed E-state index contributed by atoms with van der Waals surface area (Å²) in [5.74, 6) is 0.368. The molecule has 5 aromatic rings. The van der Waals surface area contributed by atoms with Gasteiger partial charge in [0.25, 0.3) is 15.9 Å². The number of carbonyl (C=O) groups excluding carboxylic acids is 2. The number of carbonyl (C=O) groups is 2. The quantitative estimate of drug-likeness (QED) is 0.142. The number of methoxy groups -OCH3 is 2. The lowest BCUT2D eigenvalue weighted by Crippen LogP contribution is -2.44. The molecule has 0 unspecified atom stereocenters. The molecule has 54 heavy (non-hydrogen) atoms. The lowest BCUT2D eigenvalue weighted by atomic mass is 9.74. The van der Waals surface area contributed by atoms with Gasteiger partial charge in [0.15, 0.2) is 0 Å². The Morgan fingerprint density at radius 1 is 0.944 bits per heavy atom. The van der Waals surface area contributed by atoms with Crippen LogP contribution in [-0.2, 0) is 15.4 Å². The zero-order valence-corrected chi connectivity index (χ0v) is 31.6. The maximum Gasteiger partial charge on any atom is 0.335 e. The fourth-order valence-corrected chi connectivity index (χ4v) is 8.08. The summed E-state index contributed by atoms with van der Waals surface area (Å²) < 4.78 is 39.5. The zero-order valence-electron chi connectivity index (χ0n) is 30.0. The number of amides is 3. The van der Waals surface area contributed by atoms with E-state index in [0.29, 0.717) is 53.5 Å². The molecule has 2 N–H and O–H groups in total. The molecule has 1 aliphatic heterocycles. The fourth-order valence-electron chi connectivity index (χ4n) is 6.58. The van der Waals surface area contributed by atoms with E-state index in [1.807, 2.05) is 43.3 Å². The van der Waals surface area contributed by atoms with Crippen molar-refractivity contribution in [3.8, 4) is 17.6 Å². The molecule has 1 aromatic heterocycles. The lowest BCUT2D eigenvalue weighted by Gasteiger charge is -2.37. The topological polar surface area (TPSA) is 154 Å². The second kappa shape index (κ2) is 16.0. The van der Waals surface area contributed by atoms with Crippen molar-refractivity contribution in [2.75, 3.05) is 51.0 Å². The van der Waals surface area contributed by atoms with Gasteiger partial charge in [0.2, 0.25) is 0 Å². The number of likely N-dealkylation sites (tertiary alicyclic amines) is 1. The minimum Gasteiger partial charge on any atom is -0.497 e. The summed E-state index contributed by atoms with van der Waals surface area (Å²) in [6.45, 7) is 2.40. The van der Waals surface area contributed by atoms with Crippen molar-refractivity contribution in [2.45, 2.75) is 30.1 Å². The van der Waals surface area contributed by atoms with Crippen LogP contribution in [0.4, 0.5) is 16.2 Å². The molecule has 278 valence electrons. The number of ether oxygens (including phenoxy) is 2. The molecular weight excluding hydrogens is 728 g/mol. The number of sulfonamides is 1. The van der Waals surface area contributed by atoms with Crippen molar-refractivity contribution >= 4 is 55.8 Å². The number of anilines is 2. The summed E-state index contributed by atoms with van der Waals surface area (Å²) in [5.41, 5.74) is 2.88. The number of nitriles is 1. The maximum atomic E-state index is 14.0. The predicted octanol–water partition coefficient (Wildman–Crippen LogP) is 7.25. The molecule has 1 fully saturated rings. The smallest absolute Gasteiger partial charge is 0.335 e. The number of nitrogens with one attached hydrogen (secondary N) is 2. The fraction of sp³-hybridized carbons (Fsp3) is 0.250. The highest BCUT2D eigenvalue weighted by atomic mass is 35.5. The Morgan fingerprint density at radius 2 is 1.67 bits per heavy atom. The highest BCUT2D eigenvalue weighted by Crippen LogP contribution is 2.36. The van der Waals surface area contributed by atoms with Gasteiger partial charge < -0.3 is 25.0 Å². The van der Waals surface area contributed by atoms with E-state index in [1.165, 1.54) is 50.6 Å². The minimum atomic E-state index is -4.38. The molecule has 4 aromatic carbocycles. The lowest BCUT2D eigenvalue weighted by molar-refractivity contribution is 0.0691. The summed E-state index contributed by atoms with van der Waals surface area (Å²) in [6, 6.07) is 28.6. The van der Waals surface area contributed by atoms with Gasteiger partial charge in [-0.2, -0.15) is 5.26 Å². The summed E-state index contributed by atoms with van der Waals surface area (Å²) in [6.07, 6.45) is 0.977. The first-order valence-corrected chi connectivity index (χ1v) is 19.0. The van der Waals surface area contributed by atoms with E-state index in [1.54, 1.807) is 29.2 Å². The maximum absolute atomic E-state index is 14.0. The normalized spacial score (nSPS) is 13.8. The molecule has 0 atom stereocenters. The standard InChI is InChI=1S/C40H39ClN6O6S/c1-27-23-36(33-25-30(41)10-16-34(33)44-27)43-19-22-47(54(50,51)32-13-11-31(52-2)12-14-32)39(49)45-35-15-9-28(24-37(35)53-3)38(48)46-20-17-40(26-42,18-21-46)29-7-5-4-6-8-29/h4-16,23-25H,17-22H2,1-3H3,(H,43,44)(H,45,49).